The summed E-state index contributed by atoms with van der Waals surface area (Å²) >= 11 is 0. The zero-order valence-corrected chi connectivity index (χ0v) is 13.9. The lowest BCUT2D eigenvalue weighted by molar-refractivity contribution is 0.347. The van der Waals surface area contributed by atoms with Crippen molar-refractivity contribution in [2.24, 2.45) is 10.9 Å². The number of benzene rings is 2. The summed E-state index contributed by atoms with van der Waals surface area (Å²) in [4.78, 5) is 4.77. The van der Waals surface area contributed by atoms with Gasteiger partial charge in [-0.2, -0.15) is 0 Å². The van der Waals surface area contributed by atoms with Gasteiger partial charge in [0.25, 0.3) is 0 Å². The highest BCUT2D eigenvalue weighted by Crippen LogP contribution is 2.40. The average Bonchev–Trinajstić information content (AvgIpc) is 2.64. The molecule has 2 atom stereocenters. The third-order valence-corrected chi connectivity index (χ3v) is 5.26. The molecule has 1 aliphatic heterocycles. The molecular weight excluding hydrogens is 290 g/mol. The van der Waals surface area contributed by atoms with Crippen molar-refractivity contribution in [1.29, 1.82) is 0 Å². The van der Waals surface area contributed by atoms with Crippen LogP contribution in [0.25, 0.3) is 0 Å². The van der Waals surface area contributed by atoms with Crippen molar-refractivity contribution in [3.05, 3.63) is 95.6 Å². The van der Waals surface area contributed by atoms with Crippen molar-refractivity contribution in [2.75, 3.05) is 6.54 Å². The Morgan fingerprint density at radius 2 is 1.79 bits per heavy atom. The first kappa shape index (κ1) is 15.1. The van der Waals surface area contributed by atoms with Gasteiger partial charge in [0.05, 0.1) is 0 Å². The SMILES string of the molecule is C1=CCC(CC2(Cc3ccccc3)CN=Cc3ccccc32)C=C1. The summed E-state index contributed by atoms with van der Waals surface area (Å²) in [5.74, 6) is 0.597. The second-order valence-electron chi connectivity index (χ2n) is 7.01. The van der Waals surface area contributed by atoms with Crippen LogP contribution in [0, 0.1) is 5.92 Å². The third-order valence-electron chi connectivity index (χ3n) is 5.26. The van der Waals surface area contributed by atoms with Crippen LogP contribution < -0.4 is 0 Å². The number of hydrogen-bond acceptors (Lipinski definition) is 1. The van der Waals surface area contributed by atoms with Gasteiger partial charge in [0.2, 0.25) is 0 Å². The molecule has 0 saturated carbocycles. The van der Waals surface area contributed by atoms with Gasteiger partial charge in [0.15, 0.2) is 0 Å². The predicted octanol–water partition coefficient (Wildman–Crippen LogP) is 5.12. The van der Waals surface area contributed by atoms with Crippen LogP contribution in [0.15, 0.2) is 83.9 Å². The molecule has 0 radical (unpaired) electrons. The highest BCUT2D eigenvalue weighted by molar-refractivity contribution is 5.84. The number of hydrogen-bond donors (Lipinski definition) is 0. The molecule has 4 rings (SSSR count). The molecule has 0 aromatic heterocycles. The standard InChI is InChI=1S/C23H23N/c1-3-9-19(10-4-1)15-23(16-20-11-5-2-6-12-20)18-24-17-21-13-7-8-14-22(21)23/h1-11,13-14,17,20H,12,15-16,18H2. The van der Waals surface area contributed by atoms with E-state index in [-0.39, 0.29) is 5.41 Å². The van der Waals surface area contributed by atoms with Gasteiger partial charge >= 0.3 is 0 Å². The molecule has 0 saturated heterocycles. The Morgan fingerprint density at radius 3 is 2.62 bits per heavy atom. The Kier molecular flexibility index (Phi) is 4.17. The molecule has 0 amide bonds. The number of nitrogens with zero attached hydrogens (tertiary/aromatic N) is 1. The normalized spacial score (nSPS) is 24.8. The summed E-state index contributed by atoms with van der Waals surface area (Å²) in [6, 6.07) is 19.7. The zero-order valence-electron chi connectivity index (χ0n) is 13.9. The number of allylic oxidation sites excluding steroid dienone is 4. The maximum Gasteiger partial charge on any atom is 0.0490 e. The second kappa shape index (κ2) is 6.60. The van der Waals surface area contributed by atoms with E-state index in [2.05, 4.69) is 85.1 Å². The Bertz CT molecular complexity index is 785. The first-order valence-electron chi connectivity index (χ1n) is 8.82. The monoisotopic (exact) mass is 313 g/mol. The maximum atomic E-state index is 4.77. The van der Waals surface area contributed by atoms with Gasteiger partial charge < -0.3 is 0 Å². The van der Waals surface area contributed by atoms with Gasteiger partial charge in [-0.1, -0.05) is 78.9 Å². The molecular formula is C23H23N. The quantitative estimate of drug-likeness (QED) is 0.742. The summed E-state index contributed by atoms with van der Waals surface area (Å²) in [5.41, 5.74) is 4.24. The predicted molar refractivity (Wildman–Crippen MR) is 102 cm³/mol. The van der Waals surface area contributed by atoms with E-state index in [0.29, 0.717) is 5.92 Å². The fraction of sp³-hybridized carbons (Fsp3) is 0.261. The maximum absolute atomic E-state index is 4.77. The molecule has 2 aromatic carbocycles. The Morgan fingerprint density at radius 1 is 0.958 bits per heavy atom. The molecule has 0 bridgehead atoms. The Balaban J connectivity index is 1.73. The highest BCUT2D eigenvalue weighted by atomic mass is 14.8. The zero-order chi connectivity index (χ0) is 16.2. The van der Waals surface area contributed by atoms with Crippen molar-refractivity contribution in [3.8, 4) is 0 Å². The summed E-state index contributed by atoms with van der Waals surface area (Å²) < 4.78 is 0. The van der Waals surface area contributed by atoms with Crippen LogP contribution in [-0.2, 0) is 11.8 Å². The lowest BCUT2D eigenvalue weighted by Crippen LogP contribution is -2.38. The summed E-state index contributed by atoms with van der Waals surface area (Å²) in [5, 5.41) is 0. The van der Waals surface area contributed by atoms with Crippen molar-refractivity contribution >= 4 is 6.21 Å². The molecule has 1 nitrogen and oxygen atoms in total. The molecule has 0 fully saturated rings. The Labute approximate surface area is 144 Å². The molecule has 2 aliphatic rings. The van der Waals surface area contributed by atoms with Crippen molar-refractivity contribution < 1.29 is 0 Å². The lowest BCUT2D eigenvalue weighted by atomic mass is 9.67. The van der Waals surface area contributed by atoms with E-state index in [1.807, 2.05) is 0 Å². The van der Waals surface area contributed by atoms with Gasteiger partial charge in [0.1, 0.15) is 0 Å². The molecule has 1 aliphatic carbocycles. The third kappa shape index (κ3) is 2.99. The minimum absolute atomic E-state index is 0.0902. The minimum Gasteiger partial charge on any atom is -0.292 e. The Hall–Kier alpha value is -2.41. The van der Waals surface area contributed by atoms with Gasteiger partial charge in [0, 0.05) is 18.2 Å². The van der Waals surface area contributed by atoms with Crippen LogP contribution in [0.2, 0.25) is 0 Å². The van der Waals surface area contributed by atoms with Crippen LogP contribution in [0.3, 0.4) is 0 Å². The van der Waals surface area contributed by atoms with Crippen LogP contribution in [0.4, 0.5) is 0 Å². The summed E-state index contributed by atoms with van der Waals surface area (Å²) in [6.07, 6.45) is 14.4. The summed E-state index contributed by atoms with van der Waals surface area (Å²) in [6.45, 7) is 0.882. The fourth-order valence-corrected chi connectivity index (χ4v) is 4.17. The molecule has 0 spiro atoms. The van der Waals surface area contributed by atoms with E-state index < -0.39 is 0 Å². The van der Waals surface area contributed by atoms with Crippen LogP contribution >= 0.6 is 0 Å². The van der Waals surface area contributed by atoms with Crippen molar-refractivity contribution in [1.82, 2.24) is 0 Å². The molecule has 120 valence electrons. The number of rotatable bonds is 4. The molecule has 1 heterocycles. The smallest absolute Gasteiger partial charge is 0.0490 e. The van der Waals surface area contributed by atoms with Gasteiger partial charge in [-0.15, -0.1) is 0 Å². The van der Waals surface area contributed by atoms with Gasteiger partial charge in [-0.05, 0) is 41.9 Å². The number of aliphatic imine (C=N–C) groups is 1. The molecule has 0 N–H and O–H groups in total. The molecule has 2 unspecified atom stereocenters. The van der Waals surface area contributed by atoms with Crippen molar-refractivity contribution in [3.63, 3.8) is 0 Å². The van der Waals surface area contributed by atoms with Crippen molar-refractivity contribution in [2.45, 2.75) is 24.7 Å². The second-order valence-corrected chi connectivity index (χ2v) is 7.01. The molecule has 24 heavy (non-hydrogen) atoms. The number of fused-ring (bicyclic) bond motifs is 1. The molecule has 2 aromatic rings. The van der Waals surface area contributed by atoms with Gasteiger partial charge in [-0.3, -0.25) is 4.99 Å². The lowest BCUT2D eigenvalue weighted by Gasteiger charge is -2.39. The largest absolute Gasteiger partial charge is 0.292 e. The van der Waals surface area contributed by atoms with Crippen LogP contribution in [0.1, 0.15) is 29.5 Å². The van der Waals surface area contributed by atoms with E-state index >= 15 is 0 Å². The first-order valence-corrected chi connectivity index (χ1v) is 8.82. The summed E-state index contributed by atoms with van der Waals surface area (Å²) in [7, 11) is 0. The van der Waals surface area contributed by atoms with E-state index in [4.69, 9.17) is 4.99 Å². The van der Waals surface area contributed by atoms with E-state index in [0.717, 1.165) is 25.8 Å². The van der Waals surface area contributed by atoms with Crippen LogP contribution in [-0.4, -0.2) is 12.8 Å². The van der Waals surface area contributed by atoms with E-state index in [1.165, 1.54) is 16.7 Å². The first-order chi connectivity index (χ1) is 11.9. The molecule has 1 heteroatoms. The highest BCUT2D eigenvalue weighted by Gasteiger charge is 2.37. The minimum atomic E-state index is 0.0902. The topological polar surface area (TPSA) is 12.4 Å². The fourth-order valence-electron chi connectivity index (χ4n) is 4.17. The average molecular weight is 313 g/mol. The van der Waals surface area contributed by atoms with E-state index in [9.17, 15) is 0 Å². The van der Waals surface area contributed by atoms with Gasteiger partial charge in [-0.25, -0.2) is 0 Å². The van der Waals surface area contributed by atoms with Crippen LogP contribution in [0.5, 0.6) is 0 Å². The van der Waals surface area contributed by atoms with E-state index in [1.54, 1.807) is 0 Å².